The summed E-state index contributed by atoms with van der Waals surface area (Å²) in [5, 5.41) is 0. The Bertz CT molecular complexity index is 545. The van der Waals surface area contributed by atoms with Crippen LogP contribution in [0.25, 0.3) is 0 Å². The highest BCUT2D eigenvalue weighted by atomic mass is 19.4. The lowest BCUT2D eigenvalue weighted by Crippen LogP contribution is -2.11. The molecule has 0 aliphatic carbocycles. The molecule has 0 fully saturated rings. The smallest absolute Gasteiger partial charge is 0.416 e. The average Bonchev–Trinajstić information content (AvgIpc) is 2.38. The van der Waals surface area contributed by atoms with Crippen LogP contribution in [0.15, 0.2) is 18.2 Å². The number of nitrogen functional groups attached to an aromatic ring is 1. The first kappa shape index (κ1) is 15.9. The molecule has 0 radical (unpaired) electrons. The van der Waals surface area contributed by atoms with E-state index >= 15 is 0 Å². The topological polar surface area (TPSA) is 64.3 Å². The van der Waals surface area contributed by atoms with E-state index in [9.17, 15) is 18.0 Å². The number of rotatable bonds is 3. The van der Waals surface area contributed by atoms with Crippen molar-refractivity contribution in [1.82, 2.24) is 0 Å². The summed E-state index contributed by atoms with van der Waals surface area (Å²) in [7, 11) is 0. The number of hydrazine groups is 1. The molecular formula is C13H13F3N2O2. The van der Waals surface area contributed by atoms with Crippen molar-refractivity contribution in [2.45, 2.75) is 19.5 Å². The first-order valence-corrected chi connectivity index (χ1v) is 5.70. The van der Waals surface area contributed by atoms with Crippen molar-refractivity contribution in [3.63, 3.8) is 0 Å². The third kappa shape index (κ3) is 4.48. The molecule has 0 amide bonds. The predicted octanol–water partition coefficient (Wildman–Crippen LogP) is 2.30. The van der Waals surface area contributed by atoms with Crippen LogP contribution < -0.4 is 11.3 Å². The lowest BCUT2D eigenvalue weighted by molar-refractivity contribution is -0.142. The van der Waals surface area contributed by atoms with Crippen LogP contribution in [-0.2, 0) is 15.7 Å². The molecule has 1 aromatic rings. The fraction of sp³-hybridized carbons (Fsp3) is 0.308. The van der Waals surface area contributed by atoms with Crippen molar-refractivity contribution in [2.24, 2.45) is 5.84 Å². The molecule has 0 spiro atoms. The quantitative estimate of drug-likeness (QED) is 0.387. The van der Waals surface area contributed by atoms with Gasteiger partial charge in [0.05, 0.1) is 17.9 Å². The minimum Gasteiger partial charge on any atom is -0.465 e. The summed E-state index contributed by atoms with van der Waals surface area (Å²) in [6, 6.07) is 2.94. The van der Waals surface area contributed by atoms with E-state index in [-0.39, 0.29) is 24.3 Å². The van der Waals surface area contributed by atoms with Crippen molar-refractivity contribution in [3.8, 4) is 11.8 Å². The van der Waals surface area contributed by atoms with E-state index in [0.29, 0.717) is 0 Å². The number of carbonyl (C=O) groups is 1. The van der Waals surface area contributed by atoms with E-state index in [4.69, 9.17) is 5.84 Å². The average molecular weight is 286 g/mol. The SMILES string of the molecule is CCOC(=O)CC#Cc1ccc(C(F)(F)F)cc1NN. The second-order valence-corrected chi connectivity index (χ2v) is 3.69. The van der Waals surface area contributed by atoms with E-state index in [1.54, 1.807) is 6.92 Å². The Hall–Kier alpha value is -2.20. The van der Waals surface area contributed by atoms with Crippen LogP contribution in [0.2, 0.25) is 0 Å². The molecule has 0 atom stereocenters. The monoisotopic (exact) mass is 286 g/mol. The zero-order valence-electron chi connectivity index (χ0n) is 10.7. The normalized spacial score (nSPS) is 10.4. The van der Waals surface area contributed by atoms with Crippen molar-refractivity contribution < 1.29 is 22.7 Å². The number of nitrogens with two attached hydrogens (primary N) is 1. The highest BCUT2D eigenvalue weighted by Gasteiger charge is 2.30. The number of halogens is 3. The minimum absolute atomic E-state index is 0.0381. The molecule has 0 saturated heterocycles. The van der Waals surface area contributed by atoms with Gasteiger partial charge in [-0.15, -0.1) is 0 Å². The molecule has 1 rings (SSSR count). The van der Waals surface area contributed by atoms with Gasteiger partial charge in [0.25, 0.3) is 0 Å². The Morgan fingerprint density at radius 3 is 2.70 bits per heavy atom. The molecule has 0 bridgehead atoms. The molecule has 0 saturated carbocycles. The number of esters is 1. The fourth-order valence-corrected chi connectivity index (χ4v) is 1.37. The van der Waals surface area contributed by atoms with Crippen LogP contribution in [0.5, 0.6) is 0 Å². The van der Waals surface area contributed by atoms with Gasteiger partial charge >= 0.3 is 12.1 Å². The van der Waals surface area contributed by atoms with Crippen LogP contribution in [0.4, 0.5) is 18.9 Å². The van der Waals surface area contributed by atoms with Crippen LogP contribution in [0.3, 0.4) is 0 Å². The van der Waals surface area contributed by atoms with E-state index in [1.165, 1.54) is 6.07 Å². The molecule has 0 aliphatic rings. The first-order valence-electron chi connectivity index (χ1n) is 5.70. The summed E-state index contributed by atoms with van der Waals surface area (Å²) < 4.78 is 42.2. The first-order chi connectivity index (χ1) is 9.38. The number of nitrogens with one attached hydrogen (secondary N) is 1. The van der Waals surface area contributed by atoms with Crippen molar-refractivity contribution in [3.05, 3.63) is 29.3 Å². The largest absolute Gasteiger partial charge is 0.465 e. The van der Waals surface area contributed by atoms with Gasteiger partial charge in [-0.25, -0.2) is 0 Å². The van der Waals surface area contributed by atoms with Crippen molar-refractivity contribution >= 4 is 11.7 Å². The van der Waals surface area contributed by atoms with Gasteiger partial charge in [-0.05, 0) is 25.1 Å². The van der Waals surface area contributed by atoms with Crippen LogP contribution in [0.1, 0.15) is 24.5 Å². The number of hydrogen-bond donors (Lipinski definition) is 2. The Labute approximate surface area is 114 Å². The Morgan fingerprint density at radius 1 is 1.45 bits per heavy atom. The molecular weight excluding hydrogens is 273 g/mol. The summed E-state index contributed by atoms with van der Waals surface area (Å²) in [6.07, 6.45) is -4.60. The van der Waals surface area contributed by atoms with E-state index in [0.717, 1.165) is 12.1 Å². The molecule has 3 N–H and O–H groups in total. The molecule has 0 heterocycles. The summed E-state index contributed by atoms with van der Waals surface area (Å²) in [4.78, 5) is 11.1. The Balaban J connectivity index is 2.92. The molecule has 7 heteroatoms. The third-order valence-electron chi connectivity index (χ3n) is 2.26. The standard InChI is InChI=1S/C13H13F3N2O2/c1-2-20-12(19)5-3-4-9-6-7-10(13(14,15)16)8-11(9)18-17/h6-8,18H,2,5,17H2,1H3. The van der Waals surface area contributed by atoms with Gasteiger partial charge in [0.15, 0.2) is 0 Å². The number of anilines is 1. The summed E-state index contributed by atoms with van der Waals surface area (Å²) in [6.45, 7) is 1.91. The second kappa shape index (κ2) is 6.82. The molecule has 4 nitrogen and oxygen atoms in total. The van der Waals surface area contributed by atoms with Gasteiger partial charge in [-0.1, -0.05) is 11.8 Å². The lowest BCUT2D eigenvalue weighted by Gasteiger charge is -2.10. The zero-order valence-corrected chi connectivity index (χ0v) is 10.7. The molecule has 108 valence electrons. The zero-order chi connectivity index (χ0) is 15.2. The van der Waals surface area contributed by atoms with Gasteiger partial charge in [-0.3, -0.25) is 10.6 Å². The van der Waals surface area contributed by atoms with Gasteiger partial charge in [0.2, 0.25) is 0 Å². The highest BCUT2D eigenvalue weighted by Crippen LogP contribution is 2.31. The molecule has 0 aromatic heterocycles. The molecule has 1 aromatic carbocycles. The van der Waals surface area contributed by atoms with E-state index < -0.39 is 17.7 Å². The third-order valence-corrected chi connectivity index (χ3v) is 2.26. The second-order valence-electron chi connectivity index (χ2n) is 3.69. The number of hydrogen-bond acceptors (Lipinski definition) is 4. The van der Waals surface area contributed by atoms with E-state index in [1.807, 2.05) is 0 Å². The number of carbonyl (C=O) groups excluding carboxylic acids is 1. The molecule has 0 aliphatic heterocycles. The Morgan fingerprint density at radius 2 is 2.15 bits per heavy atom. The molecule has 20 heavy (non-hydrogen) atoms. The summed E-state index contributed by atoms with van der Waals surface area (Å²) in [5.74, 6) is 9.76. The van der Waals surface area contributed by atoms with Gasteiger partial charge in [0, 0.05) is 5.56 Å². The van der Waals surface area contributed by atoms with Crippen LogP contribution in [0, 0.1) is 11.8 Å². The minimum atomic E-state index is -4.46. The number of benzene rings is 1. The maximum Gasteiger partial charge on any atom is 0.416 e. The highest BCUT2D eigenvalue weighted by molar-refractivity contribution is 5.73. The Kier molecular flexibility index (Phi) is 5.41. The van der Waals surface area contributed by atoms with Crippen LogP contribution in [-0.4, -0.2) is 12.6 Å². The van der Waals surface area contributed by atoms with E-state index in [2.05, 4.69) is 22.0 Å². The van der Waals surface area contributed by atoms with Gasteiger partial charge in [-0.2, -0.15) is 13.2 Å². The van der Waals surface area contributed by atoms with Crippen molar-refractivity contribution in [2.75, 3.05) is 12.0 Å². The lowest BCUT2D eigenvalue weighted by atomic mass is 10.1. The van der Waals surface area contributed by atoms with Crippen LogP contribution >= 0.6 is 0 Å². The molecule has 0 unspecified atom stereocenters. The number of alkyl halides is 3. The maximum atomic E-state index is 12.5. The van der Waals surface area contributed by atoms with Gasteiger partial charge in [0.1, 0.15) is 6.42 Å². The van der Waals surface area contributed by atoms with Gasteiger partial charge < -0.3 is 10.2 Å². The fourth-order valence-electron chi connectivity index (χ4n) is 1.37. The maximum absolute atomic E-state index is 12.5. The summed E-state index contributed by atoms with van der Waals surface area (Å²) in [5.41, 5.74) is 1.63. The predicted molar refractivity (Wildman–Crippen MR) is 67.4 cm³/mol. The number of ether oxygens (including phenoxy) is 1. The van der Waals surface area contributed by atoms with Crippen molar-refractivity contribution in [1.29, 1.82) is 0 Å². The summed E-state index contributed by atoms with van der Waals surface area (Å²) >= 11 is 0.